The van der Waals surface area contributed by atoms with E-state index in [1.165, 1.54) is 12.1 Å². The minimum Gasteiger partial charge on any atom is -0.487 e. The summed E-state index contributed by atoms with van der Waals surface area (Å²) in [7, 11) is 0. The maximum Gasteiger partial charge on any atom is 0.186 e. The van der Waals surface area contributed by atoms with E-state index in [1.54, 1.807) is 18.3 Å². The zero-order valence-corrected chi connectivity index (χ0v) is 18.5. The van der Waals surface area contributed by atoms with Crippen LogP contribution in [-0.4, -0.2) is 17.9 Å². The van der Waals surface area contributed by atoms with E-state index < -0.39 is 0 Å². The van der Waals surface area contributed by atoms with Gasteiger partial charge in [0, 0.05) is 6.54 Å². The van der Waals surface area contributed by atoms with Crippen LogP contribution in [0.25, 0.3) is 0 Å². The Morgan fingerprint density at radius 1 is 1.24 bits per heavy atom. The van der Waals surface area contributed by atoms with Gasteiger partial charge in [-0.1, -0.05) is 12.1 Å². The first kappa shape index (κ1) is 20.3. The molecule has 0 aliphatic carbocycles. The second-order valence-electron chi connectivity index (χ2n) is 4.96. The molecule has 0 saturated carbocycles. The molecular formula is C17H16FI2N3OS. The van der Waals surface area contributed by atoms with Crippen LogP contribution in [0.5, 0.6) is 5.75 Å². The van der Waals surface area contributed by atoms with Gasteiger partial charge in [-0.05, 0) is 99.7 Å². The molecule has 0 radical (unpaired) electrons. The van der Waals surface area contributed by atoms with Crippen molar-refractivity contribution in [3.63, 3.8) is 0 Å². The molecule has 132 valence electrons. The average Bonchev–Trinajstić information content (AvgIpc) is 2.56. The SMILES string of the molecule is CCNC(=S)N/N=C\c1cc(I)c(OCc2ccc(F)cc2)c(I)c1. The number of nitrogens with zero attached hydrogens (tertiary/aromatic N) is 1. The molecule has 0 bridgehead atoms. The Morgan fingerprint density at radius 2 is 1.88 bits per heavy atom. The number of thiocarbonyl (C=S) groups is 1. The van der Waals surface area contributed by atoms with Crippen molar-refractivity contribution in [2.45, 2.75) is 13.5 Å². The number of nitrogens with one attached hydrogen (secondary N) is 2. The van der Waals surface area contributed by atoms with Crippen molar-refractivity contribution < 1.29 is 9.13 Å². The number of rotatable bonds is 6. The largest absolute Gasteiger partial charge is 0.487 e. The smallest absolute Gasteiger partial charge is 0.186 e. The van der Waals surface area contributed by atoms with E-state index in [0.29, 0.717) is 11.7 Å². The fourth-order valence-electron chi connectivity index (χ4n) is 1.89. The van der Waals surface area contributed by atoms with Gasteiger partial charge in [-0.25, -0.2) is 4.39 Å². The Hall–Kier alpha value is -1.01. The van der Waals surface area contributed by atoms with Crippen molar-refractivity contribution in [1.82, 2.24) is 10.7 Å². The van der Waals surface area contributed by atoms with Crippen LogP contribution in [0.4, 0.5) is 4.39 Å². The number of halogens is 3. The van der Waals surface area contributed by atoms with Gasteiger partial charge in [0.1, 0.15) is 18.2 Å². The van der Waals surface area contributed by atoms with Gasteiger partial charge in [0.15, 0.2) is 5.11 Å². The Bertz CT molecular complexity index is 746. The molecule has 25 heavy (non-hydrogen) atoms. The van der Waals surface area contributed by atoms with Gasteiger partial charge in [0.05, 0.1) is 13.4 Å². The minimum atomic E-state index is -0.251. The Morgan fingerprint density at radius 3 is 2.48 bits per heavy atom. The molecule has 0 aliphatic heterocycles. The first-order valence-corrected chi connectivity index (χ1v) is 9.99. The summed E-state index contributed by atoms with van der Waals surface area (Å²) in [6, 6.07) is 10.2. The third-order valence-electron chi connectivity index (χ3n) is 3.03. The van der Waals surface area contributed by atoms with Crippen LogP contribution in [0.15, 0.2) is 41.5 Å². The number of hydrogen-bond acceptors (Lipinski definition) is 3. The van der Waals surface area contributed by atoms with Gasteiger partial charge in [-0.3, -0.25) is 5.43 Å². The summed E-state index contributed by atoms with van der Waals surface area (Å²) in [5.41, 5.74) is 4.62. The summed E-state index contributed by atoms with van der Waals surface area (Å²) in [5, 5.41) is 7.56. The highest BCUT2D eigenvalue weighted by molar-refractivity contribution is 14.1. The zero-order valence-electron chi connectivity index (χ0n) is 13.4. The number of hydrazone groups is 1. The molecule has 2 rings (SSSR count). The summed E-state index contributed by atoms with van der Waals surface area (Å²) in [6.45, 7) is 3.10. The molecule has 0 amide bonds. The quantitative estimate of drug-likeness (QED) is 0.229. The fourth-order valence-corrected chi connectivity index (χ4v) is 4.22. The van der Waals surface area contributed by atoms with Crippen LogP contribution in [0.1, 0.15) is 18.1 Å². The van der Waals surface area contributed by atoms with Crippen molar-refractivity contribution in [3.8, 4) is 5.75 Å². The van der Waals surface area contributed by atoms with E-state index in [2.05, 4.69) is 61.0 Å². The maximum atomic E-state index is 12.9. The molecule has 0 aliphatic rings. The molecule has 2 aromatic carbocycles. The van der Waals surface area contributed by atoms with E-state index in [-0.39, 0.29) is 5.82 Å². The molecule has 0 unspecified atom stereocenters. The lowest BCUT2D eigenvalue weighted by molar-refractivity contribution is 0.301. The standard InChI is InChI=1S/C17H16FI2N3OS/c1-2-21-17(25)23-22-9-12-7-14(19)16(15(20)8-12)24-10-11-3-5-13(18)6-4-11/h3-9H,2,10H2,1H3,(H2,21,23,25)/b22-9-. The molecule has 0 fully saturated rings. The summed E-state index contributed by atoms with van der Waals surface area (Å²) >= 11 is 9.50. The van der Waals surface area contributed by atoms with Crippen molar-refractivity contribution in [2.24, 2.45) is 5.10 Å². The Kier molecular flexibility index (Phi) is 8.30. The molecule has 0 atom stereocenters. The summed E-state index contributed by atoms with van der Waals surface area (Å²) in [5.74, 6) is 0.553. The zero-order chi connectivity index (χ0) is 18.2. The lowest BCUT2D eigenvalue weighted by atomic mass is 10.2. The molecule has 8 heteroatoms. The fraction of sp³-hybridized carbons (Fsp3) is 0.176. The van der Waals surface area contributed by atoms with Crippen LogP contribution >= 0.6 is 57.4 Å². The van der Waals surface area contributed by atoms with Crippen LogP contribution in [-0.2, 0) is 6.61 Å². The van der Waals surface area contributed by atoms with Crippen molar-refractivity contribution in [2.75, 3.05) is 6.54 Å². The van der Waals surface area contributed by atoms with Crippen LogP contribution in [0.2, 0.25) is 0 Å². The first-order valence-electron chi connectivity index (χ1n) is 7.42. The molecule has 2 N–H and O–H groups in total. The monoisotopic (exact) mass is 583 g/mol. The second kappa shape index (κ2) is 10.2. The topological polar surface area (TPSA) is 45.7 Å². The predicted octanol–water partition coefficient (Wildman–Crippen LogP) is 4.43. The normalized spacial score (nSPS) is 10.7. The van der Waals surface area contributed by atoms with Gasteiger partial charge < -0.3 is 10.1 Å². The highest BCUT2D eigenvalue weighted by Crippen LogP contribution is 2.29. The van der Waals surface area contributed by atoms with Crippen LogP contribution in [0, 0.1) is 13.0 Å². The van der Waals surface area contributed by atoms with Gasteiger partial charge in [-0.2, -0.15) is 5.10 Å². The predicted molar refractivity (Wildman–Crippen MR) is 120 cm³/mol. The third kappa shape index (κ3) is 6.66. The summed E-state index contributed by atoms with van der Waals surface area (Å²) < 4.78 is 20.8. The van der Waals surface area contributed by atoms with E-state index >= 15 is 0 Å². The van der Waals surface area contributed by atoms with Crippen molar-refractivity contribution >= 4 is 68.7 Å². The van der Waals surface area contributed by atoms with E-state index in [9.17, 15) is 4.39 Å². The summed E-state index contributed by atoms with van der Waals surface area (Å²) in [4.78, 5) is 0. The van der Waals surface area contributed by atoms with E-state index in [4.69, 9.17) is 17.0 Å². The number of ether oxygens (including phenoxy) is 1. The molecule has 0 heterocycles. The Labute approximate surface area is 178 Å². The third-order valence-corrected chi connectivity index (χ3v) is 4.87. The lowest BCUT2D eigenvalue weighted by Gasteiger charge is -2.11. The molecule has 0 saturated heterocycles. The average molecular weight is 583 g/mol. The van der Waals surface area contributed by atoms with Crippen molar-refractivity contribution in [1.29, 1.82) is 0 Å². The lowest BCUT2D eigenvalue weighted by Crippen LogP contribution is -2.31. The Balaban J connectivity index is 2.02. The van der Waals surface area contributed by atoms with Gasteiger partial charge >= 0.3 is 0 Å². The number of hydrogen-bond donors (Lipinski definition) is 2. The maximum absolute atomic E-state index is 12.9. The van der Waals surface area contributed by atoms with Gasteiger partial charge in [0.2, 0.25) is 0 Å². The molecule has 2 aromatic rings. The van der Waals surface area contributed by atoms with Crippen LogP contribution in [0.3, 0.4) is 0 Å². The first-order chi connectivity index (χ1) is 12.0. The number of benzene rings is 2. The molecule has 0 aromatic heterocycles. The van der Waals surface area contributed by atoms with Gasteiger partial charge in [0.25, 0.3) is 0 Å². The van der Waals surface area contributed by atoms with Crippen molar-refractivity contribution in [3.05, 3.63) is 60.5 Å². The molecule has 0 spiro atoms. The highest BCUT2D eigenvalue weighted by Gasteiger charge is 2.09. The highest BCUT2D eigenvalue weighted by atomic mass is 127. The molecular weight excluding hydrogens is 567 g/mol. The minimum absolute atomic E-state index is 0.251. The van der Waals surface area contributed by atoms with E-state index in [1.807, 2.05) is 19.1 Å². The summed E-state index contributed by atoms with van der Waals surface area (Å²) in [6.07, 6.45) is 1.71. The second-order valence-corrected chi connectivity index (χ2v) is 7.69. The van der Waals surface area contributed by atoms with Crippen LogP contribution < -0.4 is 15.5 Å². The van der Waals surface area contributed by atoms with E-state index in [0.717, 1.165) is 30.6 Å². The molecule has 4 nitrogen and oxygen atoms in total. The van der Waals surface area contributed by atoms with Gasteiger partial charge in [-0.15, -0.1) is 0 Å².